The topological polar surface area (TPSA) is 29.1 Å². The molecule has 0 aliphatic carbocycles. The molecule has 0 saturated carbocycles. The maximum atomic E-state index is 12.4. The Balaban J connectivity index is 1.35. The lowest BCUT2D eigenvalue weighted by Gasteiger charge is -2.08. The van der Waals surface area contributed by atoms with Gasteiger partial charge in [0, 0.05) is 12.1 Å². The number of benzene rings is 4. The maximum absolute atomic E-state index is 12.4. The fourth-order valence-electron chi connectivity index (χ4n) is 3.25. The molecule has 0 aromatic heterocycles. The predicted molar refractivity (Wildman–Crippen MR) is 112 cm³/mol. The molecule has 0 spiro atoms. The molecule has 0 bridgehead atoms. The van der Waals surface area contributed by atoms with Crippen LogP contribution in [0.15, 0.2) is 97.1 Å². The quantitative estimate of drug-likeness (QED) is 0.507. The zero-order valence-electron chi connectivity index (χ0n) is 15.1. The third-order valence-corrected chi connectivity index (χ3v) is 4.77. The molecular formula is C25H21NO. The number of hydrogen-bond donors (Lipinski definition) is 1. The van der Waals surface area contributed by atoms with Gasteiger partial charge >= 0.3 is 0 Å². The van der Waals surface area contributed by atoms with Crippen molar-refractivity contribution in [3.05, 3.63) is 108 Å². The van der Waals surface area contributed by atoms with Crippen LogP contribution in [0.4, 0.5) is 0 Å². The fourth-order valence-corrected chi connectivity index (χ4v) is 3.25. The molecule has 1 N–H and O–H groups in total. The van der Waals surface area contributed by atoms with Gasteiger partial charge in [0.1, 0.15) is 0 Å². The van der Waals surface area contributed by atoms with Gasteiger partial charge in [-0.1, -0.05) is 84.9 Å². The maximum Gasteiger partial charge on any atom is 0.251 e. The molecule has 4 rings (SSSR count). The number of hydrogen-bond acceptors (Lipinski definition) is 1. The second-order valence-electron chi connectivity index (χ2n) is 6.63. The summed E-state index contributed by atoms with van der Waals surface area (Å²) in [6, 6.07) is 32.8. The van der Waals surface area contributed by atoms with E-state index in [1.54, 1.807) is 0 Å². The summed E-state index contributed by atoms with van der Waals surface area (Å²) in [5.74, 6) is -0.0262. The second kappa shape index (κ2) is 7.88. The molecule has 2 heteroatoms. The first-order valence-electron chi connectivity index (χ1n) is 9.21. The van der Waals surface area contributed by atoms with Crippen molar-refractivity contribution >= 4 is 16.7 Å². The smallest absolute Gasteiger partial charge is 0.251 e. The minimum absolute atomic E-state index is 0.0262. The Labute approximate surface area is 159 Å². The highest BCUT2D eigenvalue weighted by atomic mass is 16.1. The molecule has 4 aromatic rings. The van der Waals surface area contributed by atoms with Crippen LogP contribution in [-0.2, 0) is 6.42 Å². The Kier molecular flexibility index (Phi) is 4.97. The summed E-state index contributed by atoms with van der Waals surface area (Å²) in [6.07, 6.45) is 0.814. The normalized spacial score (nSPS) is 10.7. The molecule has 0 radical (unpaired) electrons. The summed E-state index contributed by atoms with van der Waals surface area (Å²) < 4.78 is 0. The third-order valence-electron chi connectivity index (χ3n) is 4.77. The zero-order chi connectivity index (χ0) is 18.5. The number of rotatable bonds is 5. The van der Waals surface area contributed by atoms with Crippen molar-refractivity contribution in [1.82, 2.24) is 5.32 Å². The minimum Gasteiger partial charge on any atom is -0.352 e. The van der Waals surface area contributed by atoms with E-state index in [2.05, 4.69) is 47.8 Å². The molecule has 0 aliphatic rings. The van der Waals surface area contributed by atoms with E-state index in [9.17, 15) is 4.79 Å². The van der Waals surface area contributed by atoms with Crippen LogP contribution in [-0.4, -0.2) is 12.5 Å². The predicted octanol–water partition coefficient (Wildman–Crippen LogP) is 5.48. The van der Waals surface area contributed by atoms with Crippen molar-refractivity contribution in [2.45, 2.75) is 6.42 Å². The van der Waals surface area contributed by atoms with Gasteiger partial charge in [-0.05, 0) is 46.0 Å². The SMILES string of the molecule is O=C(NCCc1ccc(-c2ccccc2)cc1)c1ccc2ccccc2c1. The molecule has 0 fully saturated rings. The summed E-state index contributed by atoms with van der Waals surface area (Å²) >= 11 is 0. The van der Waals surface area contributed by atoms with Crippen molar-refractivity contribution in [2.24, 2.45) is 0 Å². The molecular weight excluding hydrogens is 330 g/mol. The first-order valence-corrected chi connectivity index (χ1v) is 9.21. The Hall–Kier alpha value is -3.39. The average molecular weight is 351 g/mol. The minimum atomic E-state index is -0.0262. The third kappa shape index (κ3) is 4.06. The van der Waals surface area contributed by atoms with Crippen LogP contribution in [0.3, 0.4) is 0 Å². The van der Waals surface area contributed by atoms with Gasteiger partial charge in [0.25, 0.3) is 5.91 Å². The lowest BCUT2D eigenvalue weighted by atomic mass is 10.0. The molecule has 27 heavy (non-hydrogen) atoms. The van der Waals surface area contributed by atoms with Crippen LogP contribution >= 0.6 is 0 Å². The molecule has 0 atom stereocenters. The van der Waals surface area contributed by atoms with Crippen molar-refractivity contribution < 1.29 is 4.79 Å². The monoisotopic (exact) mass is 351 g/mol. The summed E-state index contributed by atoms with van der Waals surface area (Å²) in [6.45, 7) is 0.621. The highest BCUT2D eigenvalue weighted by Crippen LogP contribution is 2.19. The molecule has 0 saturated heterocycles. The highest BCUT2D eigenvalue weighted by molar-refractivity contribution is 5.98. The second-order valence-corrected chi connectivity index (χ2v) is 6.63. The van der Waals surface area contributed by atoms with Gasteiger partial charge in [-0.15, -0.1) is 0 Å². The van der Waals surface area contributed by atoms with Gasteiger partial charge < -0.3 is 5.32 Å². The molecule has 132 valence electrons. The standard InChI is InChI=1S/C25H21NO/c27-25(24-15-14-21-8-4-5-9-23(21)18-24)26-17-16-19-10-12-22(13-11-19)20-6-2-1-3-7-20/h1-15,18H,16-17H2,(H,26,27). The number of amides is 1. The number of fused-ring (bicyclic) bond motifs is 1. The van der Waals surface area contributed by atoms with Gasteiger partial charge in [0.15, 0.2) is 0 Å². The number of carbonyl (C=O) groups is 1. The van der Waals surface area contributed by atoms with Crippen molar-refractivity contribution in [3.63, 3.8) is 0 Å². The van der Waals surface area contributed by atoms with E-state index in [-0.39, 0.29) is 5.91 Å². The van der Waals surface area contributed by atoms with Gasteiger partial charge in [0.05, 0.1) is 0 Å². The van der Waals surface area contributed by atoms with Crippen LogP contribution in [0, 0.1) is 0 Å². The van der Waals surface area contributed by atoms with Crippen molar-refractivity contribution in [2.75, 3.05) is 6.54 Å². The first kappa shape index (κ1) is 17.0. The zero-order valence-corrected chi connectivity index (χ0v) is 15.1. The lowest BCUT2D eigenvalue weighted by molar-refractivity contribution is 0.0954. The summed E-state index contributed by atoms with van der Waals surface area (Å²) in [4.78, 5) is 12.4. The van der Waals surface area contributed by atoms with Crippen LogP contribution in [0.25, 0.3) is 21.9 Å². The van der Waals surface area contributed by atoms with Gasteiger partial charge in [-0.2, -0.15) is 0 Å². The van der Waals surface area contributed by atoms with E-state index < -0.39 is 0 Å². The Morgan fingerprint density at radius 2 is 1.33 bits per heavy atom. The lowest BCUT2D eigenvalue weighted by Crippen LogP contribution is -2.25. The van der Waals surface area contributed by atoms with Crippen molar-refractivity contribution in [3.8, 4) is 11.1 Å². The fraction of sp³-hybridized carbons (Fsp3) is 0.0800. The summed E-state index contributed by atoms with van der Waals surface area (Å²) in [5.41, 5.74) is 4.34. The molecule has 0 aliphatic heterocycles. The van der Waals surface area contributed by atoms with E-state index >= 15 is 0 Å². The largest absolute Gasteiger partial charge is 0.352 e. The van der Waals surface area contributed by atoms with Gasteiger partial charge in [-0.3, -0.25) is 4.79 Å². The Morgan fingerprint density at radius 1 is 0.667 bits per heavy atom. The van der Waals surface area contributed by atoms with E-state index in [4.69, 9.17) is 0 Å². The van der Waals surface area contributed by atoms with E-state index in [0.717, 1.165) is 17.2 Å². The Morgan fingerprint density at radius 3 is 2.11 bits per heavy atom. The van der Waals surface area contributed by atoms with Crippen molar-refractivity contribution in [1.29, 1.82) is 0 Å². The number of nitrogens with one attached hydrogen (secondary N) is 1. The summed E-state index contributed by atoms with van der Waals surface area (Å²) in [7, 11) is 0. The van der Waals surface area contributed by atoms with E-state index in [1.165, 1.54) is 16.7 Å². The molecule has 2 nitrogen and oxygen atoms in total. The average Bonchev–Trinajstić information content (AvgIpc) is 2.74. The van der Waals surface area contributed by atoms with Crippen LogP contribution in [0.5, 0.6) is 0 Å². The van der Waals surface area contributed by atoms with Crippen LogP contribution in [0.2, 0.25) is 0 Å². The molecule has 0 unspecified atom stereocenters. The van der Waals surface area contributed by atoms with Crippen LogP contribution < -0.4 is 5.32 Å². The Bertz CT molecular complexity index is 1050. The van der Waals surface area contributed by atoms with E-state index in [1.807, 2.05) is 54.6 Å². The van der Waals surface area contributed by atoms with Crippen LogP contribution in [0.1, 0.15) is 15.9 Å². The molecule has 0 heterocycles. The van der Waals surface area contributed by atoms with Gasteiger partial charge in [-0.25, -0.2) is 0 Å². The molecule has 1 amide bonds. The van der Waals surface area contributed by atoms with E-state index in [0.29, 0.717) is 12.1 Å². The highest BCUT2D eigenvalue weighted by Gasteiger charge is 2.06. The number of carbonyl (C=O) groups excluding carboxylic acids is 1. The first-order chi connectivity index (χ1) is 13.3. The van der Waals surface area contributed by atoms with Gasteiger partial charge in [0.2, 0.25) is 0 Å². The summed E-state index contributed by atoms with van der Waals surface area (Å²) in [5, 5.41) is 5.25. The molecule has 4 aromatic carbocycles.